The third-order valence-corrected chi connectivity index (χ3v) is 3.67. The van der Waals surface area contributed by atoms with Crippen molar-refractivity contribution in [2.24, 2.45) is 0 Å². The number of aliphatic carboxylic acids is 2. The first-order valence-corrected chi connectivity index (χ1v) is 8.19. The Kier molecular flexibility index (Phi) is 9.32. The van der Waals surface area contributed by atoms with Gasteiger partial charge in [-0.05, 0) is 30.3 Å². The first-order chi connectivity index (χ1) is 12.9. The first-order valence-electron chi connectivity index (χ1n) is 8.19. The summed E-state index contributed by atoms with van der Waals surface area (Å²) in [5, 5.41) is 14.8. The van der Waals surface area contributed by atoms with Gasteiger partial charge in [0.05, 0.1) is 14.2 Å². The van der Waals surface area contributed by atoms with Crippen molar-refractivity contribution in [3.8, 4) is 11.5 Å². The number of pyridine rings is 1. The lowest BCUT2D eigenvalue weighted by molar-refractivity contribution is -0.159. The number of ether oxygens (including phenoxy) is 2. The van der Waals surface area contributed by atoms with E-state index in [4.69, 9.17) is 29.3 Å². The molecule has 27 heavy (non-hydrogen) atoms. The highest BCUT2D eigenvalue weighted by Gasteiger charge is 2.10. The van der Waals surface area contributed by atoms with Gasteiger partial charge in [-0.15, -0.1) is 0 Å². The molecule has 2 N–H and O–H groups in total. The van der Waals surface area contributed by atoms with E-state index < -0.39 is 11.9 Å². The fourth-order valence-corrected chi connectivity index (χ4v) is 2.25. The fourth-order valence-electron chi connectivity index (χ4n) is 2.25. The minimum absolute atomic E-state index is 0.813. The molecule has 0 unspecified atom stereocenters. The molecule has 1 aromatic heterocycles. The minimum Gasteiger partial charge on any atom is -0.497 e. The summed E-state index contributed by atoms with van der Waals surface area (Å²) in [5.74, 6) is -1.97. The molecule has 0 aliphatic carbocycles. The number of hydrogen-bond acceptors (Lipinski definition) is 6. The molecule has 1 heterocycles. The van der Waals surface area contributed by atoms with Gasteiger partial charge >= 0.3 is 11.9 Å². The van der Waals surface area contributed by atoms with Crippen LogP contribution in [-0.4, -0.2) is 52.8 Å². The number of carboxylic acids is 2. The average Bonchev–Trinajstić information content (AvgIpc) is 2.68. The Morgan fingerprint density at radius 2 is 1.63 bits per heavy atom. The standard InChI is InChI=1S/C17H22N2O2.C2H2O4/c1-4-19(12-14-7-9-18-10-8-14)13-15-5-6-16(20-2)11-17(15)21-3;3-1(4)2(5)6/h5-11H,4,12-13H2,1-3H3;(H,3,4)(H,5,6). The van der Waals surface area contributed by atoms with Gasteiger partial charge in [0.25, 0.3) is 0 Å². The maximum Gasteiger partial charge on any atom is 0.414 e. The Bertz CT molecular complexity index is 724. The number of carboxylic acid groups (broad SMARTS) is 2. The van der Waals surface area contributed by atoms with Gasteiger partial charge < -0.3 is 19.7 Å². The summed E-state index contributed by atoms with van der Waals surface area (Å²) in [7, 11) is 3.35. The second-order valence-electron chi connectivity index (χ2n) is 5.45. The predicted octanol–water partition coefficient (Wildman–Crippen LogP) is 2.28. The molecule has 8 nitrogen and oxygen atoms in total. The van der Waals surface area contributed by atoms with Crippen LogP contribution >= 0.6 is 0 Å². The zero-order chi connectivity index (χ0) is 20.2. The van der Waals surface area contributed by atoms with Crippen molar-refractivity contribution < 1.29 is 29.3 Å². The number of carbonyl (C=O) groups is 2. The molecular weight excluding hydrogens is 352 g/mol. The number of nitrogens with zero attached hydrogens (tertiary/aromatic N) is 2. The summed E-state index contributed by atoms with van der Waals surface area (Å²) in [6.07, 6.45) is 3.66. The number of benzene rings is 1. The molecule has 0 spiro atoms. The maximum atomic E-state index is 9.10. The second kappa shape index (κ2) is 11.5. The molecule has 0 saturated carbocycles. The number of methoxy groups -OCH3 is 2. The van der Waals surface area contributed by atoms with Gasteiger partial charge in [-0.2, -0.15) is 0 Å². The van der Waals surface area contributed by atoms with Crippen molar-refractivity contribution in [3.05, 3.63) is 53.9 Å². The Hall–Kier alpha value is -3.13. The van der Waals surface area contributed by atoms with Crippen LogP contribution < -0.4 is 9.47 Å². The van der Waals surface area contributed by atoms with E-state index in [1.807, 2.05) is 36.7 Å². The zero-order valence-corrected chi connectivity index (χ0v) is 15.6. The van der Waals surface area contributed by atoms with Gasteiger partial charge in [-0.1, -0.05) is 13.0 Å². The maximum absolute atomic E-state index is 9.10. The van der Waals surface area contributed by atoms with Crippen molar-refractivity contribution in [3.63, 3.8) is 0 Å². The Morgan fingerprint density at radius 3 is 2.11 bits per heavy atom. The smallest absolute Gasteiger partial charge is 0.414 e. The molecule has 2 aromatic rings. The monoisotopic (exact) mass is 376 g/mol. The van der Waals surface area contributed by atoms with Gasteiger partial charge in [-0.3, -0.25) is 9.88 Å². The first kappa shape index (κ1) is 21.9. The SMILES string of the molecule is CCN(Cc1ccncc1)Cc1ccc(OC)cc1OC.O=C(O)C(=O)O. The molecule has 0 amide bonds. The van der Waals surface area contributed by atoms with Crippen LogP contribution in [0.2, 0.25) is 0 Å². The van der Waals surface area contributed by atoms with Crippen molar-refractivity contribution in [1.29, 1.82) is 0 Å². The van der Waals surface area contributed by atoms with Gasteiger partial charge in [0.2, 0.25) is 0 Å². The lowest BCUT2D eigenvalue weighted by Crippen LogP contribution is -2.22. The molecule has 0 bridgehead atoms. The lowest BCUT2D eigenvalue weighted by Gasteiger charge is -2.22. The number of aromatic nitrogens is 1. The summed E-state index contributed by atoms with van der Waals surface area (Å²) >= 11 is 0. The van der Waals surface area contributed by atoms with Crippen LogP contribution in [0.5, 0.6) is 11.5 Å². The number of rotatable bonds is 7. The second-order valence-corrected chi connectivity index (χ2v) is 5.45. The zero-order valence-electron chi connectivity index (χ0n) is 15.6. The van der Waals surface area contributed by atoms with Crippen molar-refractivity contribution in [1.82, 2.24) is 9.88 Å². The molecule has 0 aliphatic rings. The van der Waals surface area contributed by atoms with Crippen LogP contribution in [0.25, 0.3) is 0 Å². The molecule has 0 aliphatic heterocycles. The van der Waals surface area contributed by atoms with Crippen LogP contribution in [0.4, 0.5) is 0 Å². The van der Waals surface area contributed by atoms with E-state index in [2.05, 4.69) is 22.9 Å². The van der Waals surface area contributed by atoms with Gasteiger partial charge in [0, 0.05) is 37.1 Å². The lowest BCUT2D eigenvalue weighted by atomic mass is 10.1. The highest BCUT2D eigenvalue weighted by molar-refractivity contribution is 6.27. The highest BCUT2D eigenvalue weighted by Crippen LogP contribution is 2.26. The molecule has 0 fully saturated rings. The van der Waals surface area contributed by atoms with Gasteiger partial charge in [-0.25, -0.2) is 9.59 Å². The minimum atomic E-state index is -1.82. The topological polar surface area (TPSA) is 109 Å². The summed E-state index contributed by atoms with van der Waals surface area (Å²) < 4.78 is 10.7. The van der Waals surface area contributed by atoms with Crippen LogP contribution in [0.15, 0.2) is 42.7 Å². The van der Waals surface area contributed by atoms with Crippen molar-refractivity contribution in [2.45, 2.75) is 20.0 Å². The summed E-state index contributed by atoms with van der Waals surface area (Å²) in [5.41, 5.74) is 2.42. The molecule has 1 aromatic carbocycles. The third kappa shape index (κ3) is 7.74. The van der Waals surface area contributed by atoms with E-state index >= 15 is 0 Å². The molecule has 0 radical (unpaired) electrons. The fraction of sp³-hybridized carbons (Fsp3) is 0.316. The summed E-state index contributed by atoms with van der Waals surface area (Å²) in [6, 6.07) is 10.1. The van der Waals surface area contributed by atoms with Crippen LogP contribution in [-0.2, 0) is 22.7 Å². The van der Waals surface area contributed by atoms with Crippen LogP contribution in [0, 0.1) is 0 Å². The molecule has 0 saturated heterocycles. The van der Waals surface area contributed by atoms with E-state index in [9.17, 15) is 0 Å². The molecule has 0 atom stereocenters. The molecule has 2 rings (SSSR count). The van der Waals surface area contributed by atoms with Gasteiger partial charge in [0.1, 0.15) is 11.5 Å². The van der Waals surface area contributed by atoms with E-state index in [1.54, 1.807) is 14.2 Å². The normalized spacial score (nSPS) is 9.93. The average molecular weight is 376 g/mol. The molecule has 146 valence electrons. The summed E-state index contributed by atoms with van der Waals surface area (Å²) in [4.78, 5) is 24.6. The quantitative estimate of drug-likeness (QED) is 0.709. The summed E-state index contributed by atoms with van der Waals surface area (Å²) in [6.45, 7) is 4.87. The van der Waals surface area contributed by atoms with E-state index in [0.717, 1.165) is 36.7 Å². The molecular formula is C19H24N2O6. The van der Waals surface area contributed by atoms with E-state index in [1.165, 1.54) is 5.56 Å². The van der Waals surface area contributed by atoms with E-state index in [0.29, 0.717) is 0 Å². The Labute approximate surface area is 158 Å². The van der Waals surface area contributed by atoms with Crippen LogP contribution in [0.3, 0.4) is 0 Å². The predicted molar refractivity (Wildman–Crippen MR) is 98.8 cm³/mol. The largest absolute Gasteiger partial charge is 0.497 e. The van der Waals surface area contributed by atoms with Crippen LogP contribution in [0.1, 0.15) is 18.1 Å². The Morgan fingerprint density at radius 1 is 1.00 bits per heavy atom. The van der Waals surface area contributed by atoms with E-state index in [-0.39, 0.29) is 0 Å². The Balaban J connectivity index is 0.000000527. The van der Waals surface area contributed by atoms with Crippen molar-refractivity contribution in [2.75, 3.05) is 20.8 Å². The number of hydrogen-bond donors (Lipinski definition) is 2. The third-order valence-electron chi connectivity index (χ3n) is 3.67. The van der Waals surface area contributed by atoms with Crippen molar-refractivity contribution >= 4 is 11.9 Å². The van der Waals surface area contributed by atoms with Gasteiger partial charge in [0.15, 0.2) is 0 Å². The highest BCUT2D eigenvalue weighted by atomic mass is 16.5. The molecule has 8 heteroatoms.